The first-order valence-corrected chi connectivity index (χ1v) is 4.44. The molecule has 0 heterocycles. The van der Waals surface area contributed by atoms with E-state index in [1.165, 1.54) is 0 Å². The summed E-state index contributed by atoms with van der Waals surface area (Å²) < 4.78 is 40.5. The first kappa shape index (κ1) is 78.6. The van der Waals surface area contributed by atoms with Crippen molar-refractivity contribution in [1.29, 1.82) is 0 Å². The van der Waals surface area contributed by atoms with Crippen molar-refractivity contribution in [2.24, 2.45) is 0 Å². The normalized spacial score (nSPS) is 6.50. The second-order valence-corrected chi connectivity index (χ2v) is 2.88. The van der Waals surface area contributed by atoms with Gasteiger partial charge in [-0.2, -0.15) is 8.42 Å². The maximum absolute atomic E-state index is 8.88. The molecule has 0 saturated carbocycles. The van der Waals surface area contributed by atoms with E-state index < -0.39 is 18.2 Å². The smallest absolute Gasteiger partial charge is 1.00 e. The molecule has 0 aliphatic rings. The average molecular weight is 348 g/mol. The molecule has 124 valence electrons. The fourth-order valence-corrected chi connectivity index (χ4v) is 0. The molecule has 0 rings (SSSR count). The van der Waals surface area contributed by atoms with Crippen molar-refractivity contribution < 1.29 is 78.0 Å². The van der Waals surface area contributed by atoms with Crippen molar-refractivity contribution >= 4 is 41.3 Å². The molecule has 0 radical (unpaired) electrons. The van der Waals surface area contributed by atoms with Crippen LogP contribution < -0.4 is 0 Å². The molecule has 0 spiro atoms. The number of hydrogen-bond donors (Lipinski definition) is 5. The van der Waals surface area contributed by atoms with Gasteiger partial charge in [0.25, 0.3) is 0 Å². The second kappa shape index (κ2) is 30.5. The predicted molar refractivity (Wildman–Crippen MR) is 61.7 cm³/mol. The first-order valence-electron chi connectivity index (χ1n) is 1.48. The molecule has 18 heteroatoms. The topological polar surface area (TPSA) is 373 Å². The zero-order valence-electron chi connectivity index (χ0n) is 10.5. The molecule has 19 N–H and O–H groups in total. The number of hydrogen-bond acceptors (Lipinski definition) is 3. The molecule has 0 aromatic rings. The van der Waals surface area contributed by atoms with E-state index >= 15 is 0 Å². The van der Waals surface area contributed by atoms with E-state index in [0.717, 1.165) is 0 Å². The van der Waals surface area contributed by atoms with Crippen LogP contribution in [0.2, 0.25) is 0 Å². The van der Waals surface area contributed by atoms with Gasteiger partial charge in [-0.25, -0.2) is 4.57 Å². The van der Waals surface area contributed by atoms with Gasteiger partial charge in [0.15, 0.2) is 0 Å². The van der Waals surface area contributed by atoms with Crippen LogP contribution in [-0.4, -0.2) is 93.6 Å². The van der Waals surface area contributed by atoms with E-state index in [1.807, 2.05) is 0 Å². The summed E-state index contributed by atoms with van der Waals surface area (Å²) in [5.41, 5.74) is 0. The van der Waals surface area contributed by atoms with Gasteiger partial charge in [-0.1, -0.05) is 0 Å². The van der Waals surface area contributed by atoms with Crippen LogP contribution in [0.1, 0.15) is 2.85 Å². The van der Waals surface area contributed by atoms with Crippen LogP contribution in [0.3, 0.4) is 0 Å². The van der Waals surface area contributed by atoms with E-state index in [0.29, 0.717) is 0 Å². The molecule has 15 nitrogen and oxygen atoms in total. The monoisotopic (exact) mass is 348 g/mol. The van der Waals surface area contributed by atoms with Gasteiger partial charge in [-0.15, -0.1) is 0 Å². The zero-order valence-corrected chi connectivity index (χ0v) is 11.6. The van der Waals surface area contributed by atoms with Crippen LogP contribution in [0.5, 0.6) is 0 Å². The molecular formula is H21MgO15PS. The Hall–Kier alpha value is 0.466. The fourth-order valence-electron chi connectivity index (χ4n) is 0. The third-order valence-corrected chi connectivity index (χ3v) is 0. The van der Waals surface area contributed by atoms with Gasteiger partial charge in [0.05, 0.1) is 0 Å². The molecule has 0 amide bonds. The van der Waals surface area contributed by atoms with E-state index in [1.54, 1.807) is 0 Å². The molecule has 0 saturated heterocycles. The Morgan fingerprint density at radius 1 is 0.722 bits per heavy atom. The van der Waals surface area contributed by atoms with Crippen LogP contribution in [0.15, 0.2) is 0 Å². The fraction of sp³-hybridized carbons (Fsp3) is 0. The Kier molecular flexibility index (Phi) is 133. The van der Waals surface area contributed by atoms with Crippen LogP contribution in [0.4, 0.5) is 0 Å². The van der Waals surface area contributed by atoms with Crippen molar-refractivity contribution in [3.63, 3.8) is 0 Å². The molecule has 0 aliphatic heterocycles. The summed E-state index contributed by atoms with van der Waals surface area (Å²) in [6.07, 6.45) is 0. The minimum Gasteiger partial charge on any atom is -1.00 e. The summed E-state index contributed by atoms with van der Waals surface area (Å²) in [4.78, 5) is 21.6. The standard InChI is InChI=1S/Mg.H3O4P.H2O4S.7H2O.2H/c;2*1-5(2,3)4;;;;;;;;;/h;(H3,1,2,3,4);(H2,1,2,3,4);7*1H2;;/q+2;;;;;;;;;;2*-1. The average Bonchev–Trinajstić information content (AvgIpc) is 1.12. The van der Waals surface area contributed by atoms with Gasteiger partial charge in [0, 0.05) is 0 Å². The van der Waals surface area contributed by atoms with Crippen LogP contribution in [-0.2, 0) is 15.0 Å². The third kappa shape index (κ3) is 18100. The predicted octanol–water partition coefficient (Wildman–Crippen LogP) is -7.51. The molecule has 0 aliphatic carbocycles. The Morgan fingerprint density at radius 3 is 0.722 bits per heavy atom. The molecule has 18 heavy (non-hydrogen) atoms. The van der Waals surface area contributed by atoms with Crippen molar-refractivity contribution in [3.05, 3.63) is 0 Å². The molecule has 0 atom stereocenters. The summed E-state index contributed by atoms with van der Waals surface area (Å²) in [5.74, 6) is 0. The van der Waals surface area contributed by atoms with E-state index in [9.17, 15) is 0 Å². The Balaban J connectivity index is -0.00000000427. The second-order valence-electron chi connectivity index (χ2n) is 0.961. The van der Waals surface area contributed by atoms with Crippen molar-refractivity contribution in [2.45, 2.75) is 0 Å². The van der Waals surface area contributed by atoms with E-state index in [4.69, 9.17) is 36.8 Å². The summed E-state index contributed by atoms with van der Waals surface area (Å²) in [5, 5.41) is 0. The van der Waals surface area contributed by atoms with Gasteiger partial charge in [0.1, 0.15) is 0 Å². The quantitative estimate of drug-likeness (QED) is 0.158. The SMILES string of the molecule is O.O.O.O.O.O.O.O=P(O)(O)O.O=S(=O)(O)O.[H-].[H-].[Mg+2]. The summed E-state index contributed by atoms with van der Waals surface area (Å²) in [6, 6.07) is 0. The molecule has 0 aromatic carbocycles. The minimum atomic E-state index is -4.67. The van der Waals surface area contributed by atoms with Crippen LogP contribution in [0.25, 0.3) is 0 Å². The zero-order chi connectivity index (χ0) is 9.00. The summed E-state index contributed by atoms with van der Waals surface area (Å²) >= 11 is 0. The minimum absolute atomic E-state index is 0. The van der Waals surface area contributed by atoms with Crippen molar-refractivity contribution in [2.75, 3.05) is 0 Å². The first-order chi connectivity index (χ1) is 4.00. The van der Waals surface area contributed by atoms with Crippen LogP contribution >= 0.6 is 7.82 Å². The molecule has 0 bridgehead atoms. The van der Waals surface area contributed by atoms with Crippen molar-refractivity contribution in [1.82, 2.24) is 0 Å². The Bertz CT molecular complexity index is 204. The number of rotatable bonds is 0. The van der Waals surface area contributed by atoms with E-state index in [-0.39, 0.29) is 64.2 Å². The maximum Gasteiger partial charge on any atom is 2.00 e. The Labute approximate surface area is 120 Å². The van der Waals surface area contributed by atoms with Gasteiger partial charge in [0.2, 0.25) is 0 Å². The van der Waals surface area contributed by atoms with Gasteiger partial charge in [-0.05, 0) is 0 Å². The maximum atomic E-state index is 8.88. The third-order valence-electron chi connectivity index (χ3n) is 0. The molecule has 0 unspecified atom stereocenters. The van der Waals surface area contributed by atoms with Crippen LogP contribution in [0, 0.1) is 0 Å². The Morgan fingerprint density at radius 2 is 0.722 bits per heavy atom. The largest absolute Gasteiger partial charge is 2.00 e. The van der Waals surface area contributed by atoms with E-state index in [2.05, 4.69) is 0 Å². The van der Waals surface area contributed by atoms with Crippen molar-refractivity contribution in [3.8, 4) is 0 Å². The summed E-state index contributed by atoms with van der Waals surface area (Å²) in [7, 11) is -9.31. The van der Waals surface area contributed by atoms with Gasteiger partial charge in [-0.3, -0.25) is 9.11 Å². The van der Waals surface area contributed by atoms with Gasteiger partial charge >= 0.3 is 41.3 Å². The summed E-state index contributed by atoms with van der Waals surface area (Å²) in [6.45, 7) is 0. The molecule has 0 fully saturated rings. The molecule has 0 aromatic heterocycles. The van der Waals surface area contributed by atoms with Gasteiger partial charge < -0.3 is 55.9 Å². The number of phosphoric acid groups is 1. The molecular weight excluding hydrogens is 327 g/mol.